The van der Waals surface area contributed by atoms with E-state index < -0.39 is 0 Å². The molecule has 118 valence electrons. The van der Waals surface area contributed by atoms with Crippen molar-refractivity contribution in [1.29, 1.82) is 0 Å². The van der Waals surface area contributed by atoms with Crippen LogP contribution in [0.3, 0.4) is 0 Å². The van der Waals surface area contributed by atoms with Gasteiger partial charge in [0, 0.05) is 16.9 Å². The Morgan fingerprint density at radius 1 is 1.33 bits per heavy atom. The van der Waals surface area contributed by atoms with Gasteiger partial charge in [-0.25, -0.2) is 0 Å². The number of nitrogens with one attached hydrogen (secondary N) is 1. The first kappa shape index (κ1) is 16.8. The minimum atomic E-state index is 0.335. The van der Waals surface area contributed by atoms with Crippen molar-refractivity contribution in [2.24, 2.45) is 5.41 Å². The fourth-order valence-corrected chi connectivity index (χ4v) is 3.62. The highest BCUT2D eigenvalue weighted by atomic mass is 79.9. The second kappa shape index (κ2) is 7.15. The molecule has 1 atom stereocenters. The summed E-state index contributed by atoms with van der Waals surface area (Å²) in [5, 5.41) is 3.71. The molecule has 0 radical (unpaired) electrons. The first-order valence-corrected chi connectivity index (χ1v) is 8.86. The number of hydrogen-bond donors (Lipinski definition) is 1. The molecule has 2 nitrogen and oxygen atoms in total. The van der Waals surface area contributed by atoms with Gasteiger partial charge in [-0.1, -0.05) is 43.6 Å². The van der Waals surface area contributed by atoms with Crippen molar-refractivity contribution in [3.05, 3.63) is 27.7 Å². The van der Waals surface area contributed by atoms with Crippen molar-refractivity contribution in [3.8, 4) is 5.75 Å². The Morgan fingerprint density at radius 2 is 2.10 bits per heavy atom. The number of fused-ring (bicyclic) bond motifs is 1. The zero-order valence-electron chi connectivity index (χ0n) is 13.8. The molecule has 2 rings (SSSR count). The lowest BCUT2D eigenvalue weighted by atomic mass is 9.85. The second-order valence-corrected chi connectivity index (χ2v) is 8.19. The molecular weight excluding hydrogens is 326 g/mol. The Hall–Kier alpha value is -0.540. The van der Waals surface area contributed by atoms with Gasteiger partial charge in [0.15, 0.2) is 0 Å². The lowest BCUT2D eigenvalue weighted by Gasteiger charge is -2.27. The van der Waals surface area contributed by atoms with E-state index >= 15 is 0 Å². The molecule has 21 heavy (non-hydrogen) atoms. The smallest absolute Gasteiger partial charge is 0.125 e. The van der Waals surface area contributed by atoms with Gasteiger partial charge in [-0.15, -0.1) is 0 Å². The van der Waals surface area contributed by atoms with Crippen LogP contribution in [0.15, 0.2) is 16.6 Å². The molecule has 0 amide bonds. The summed E-state index contributed by atoms with van der Waals surface area (Å²) < 4.78 is 7.04. The summed E-state index contributed by atoms with van der Waals surface area (Å²) in [6.07, 6.45) is 4.43. The second-order valence-electron chi connectivity index (χ2n) is 7.27. The number of hydrogen-bond acceptors (Lipinski definition) is 2. The van der Waals surface area contributed by atoms with Crippen molar-refractivity contribution in [1.82, 2.24) is 5.32 Å². The van der Waals surface area contributed by atoms with Gasteiger partial charge in [-0.3, -0.25) is 0 Å². The molecule has 0 saturated heterocycles. The molecule has 0 saturated carbocycles. The summed E-state index contributed by atoms with van der Waals surface area (Å²) in [5.41, 5.74) is 3.03. The molecule has 1 aliphatic heterocycles. The van der Waals surface area contributed by atoms with Crippen molar-refractivity contribution >= 4 is 15.9 Å². The van der Waals surface area contributed by atoms with Crippen molar-refractivity contribution < 1.29 is 4.74 Å². The molecule has 1 N–H and O–H groups in total. The monoisotopic (exact) mass is 353 g/mol. The third-order valence-corrected chi connectivity index (χ3v) is 4.29. The van der Waals surface area contributed by atoms with Crippen LogP contribution in [0.5, 0.6) is 5.75 Å². The third-order valence-electron chi connectivity index (χ3n) is 3.83. The predicted octanol–water partition coefficient (Wildman–Crippen LogP) is 4.73. The van der Waals surface area contributed by atoms with Gasteiger partial charge in [0.2, 0.25) is 0 Å². The van der Waals surface area contributed by atoms with Gasteiger partial charge in [0.25, 0.3) is 0 Å². The molecule has 1 unspecified atom stereocenters. The SMILES string of the molecule is CCCNC(Cc1cc(Br)cc2c1OCC2)CC(C)(C)C. The van der Waals surface area contributed by atoms with Crippen LogP contribution in [-0.2, 0) is 12.8 Å². The van der Waals surface area contributed by atoms with Crippen LogP contribution in [0.2, 0.25) is 0 Å². The number of rotatable bonds is 6. The van der Waals surface area contributed by atoms with E-state index in [0.717, 1.165) is 31.7 Å². The molecule has 1 aromatic rings. The highest BCUT2D eigenvalue weighted by Crippen LogP contribution is 2.34. The van der Waals surface area contributed by atoms with Crippen molar-refractivity contribution in [3.63, 3.8) is 0 Å². The van der Waals surface area contributed by atoms with Gasteiger partial charge < -0.3 is 10.1 Å². The highest BCUT2D eigenvalue weighted by molar-refractivity contribution is 9.10. The van der Waals surface area contributed by atoms with Crippen molar-refractivity contribution in [2.45, 2.75) is 59.4 Å². The fraction of sp³-hybridized carbons (Fsp3) is 0.667. The topological polar surface area (TPSA) is 21.3 Å². The molecule has 0 bridgehead atoms. The van der Waals surface area contributed by atoms with Crippen LogP contribution >= 0.6 is 15.9 Å². The summed E-state index contributed by atoms with van der Waals surface area (Å²) in [6, 6.07) is 4.94. The first-order valence-electron chi connectivity index (χ1n) is 8.06. The summed E-state index contributed by atoms with van der Waals surface area (Å²) in [6.45, 7) is 11.1. The van der Waals surface area contributed by atoms with Crippen molar-refractivity contribution in [2.75, 3.05) is 13.2 Å². The van der Waals surface area contributed by atoms with E-state index in [1.165, 1.54) is 28.4 Å². The lowest BCUT2D eigenvalue weighted by molar-refractivity contribution is 0.302. The lowest BCUT2D eigenvalue weighted by Crippen LogP contribution is -2.35. The van der Waals surface area contributed by atoms with E-state index in [1.54, 1.807) is 0 Å². The van der Waals surface area contributed by atoms with Crippen LogP contribution in [-0.4, -0.2) is 19.2 Å². The maximum Gasteiger partial charge on any atom is 0.125 e. The molecule has 1 aliphatic rings. The van der Waals surface area contributed by atoms with Crippen LogP contribution < -0.4 is 10.1 Å². The molecule has 0 fully saturated rings. The highest BCUT2D eigenvalue weighted by Gasteiger charge is 2.23. The summed E-state index contributed by atoms with van der Waals surface area (Å²) in [5.74, 6) is 1.13. The molecule has 1 heterocycles. The number of halogens is 1. The quantitative estimate of drug-likeness (QED) is 0.797. The summed E-state index contributed by atoms with van der Waals surface area (Å²) in [4.78, 5) is 0. The normalized spacial score (nSPS) is 15.7. The molecular formula is C18H28BrNO. The van der Waals surface area contributed by atoms with E-state index in [2.05, 4.69) is 61.1 Å². The van der Waals surface area contributed by atoms with Crippen LogP contribution in [0.4, 0.5) is 0 Å². The minimum absolute atomic E-state index is 0.335. The average Bonchev–Trinajstić information content (AvgIpc) is 2.82. The fourth-order valence-electron chi connectivity index (χ4n) is 3.07. The molecule has 1 aromatic carbocycles. The van der Waals surface area contributed by atoms with Gasteiger partial charge in [0.1, 0.15) is 5.75 Å². The summed E-state index contributed by atoms with van der Waals surface area (Å²) >= 11 is 3.64. The Morgan fingerprint density at radius 3 is 2.76 bits per heavy atom. The third kappa shape index (κ3) is 5.00. The van der Waals surface area contributed by atoms with E-state index in [0.29, 0.717) is 11.5 Å². The van der Waals surface area contributed by atoms with Gasteiger partial charge in [0.05, 0.1) is 6.61 Å². The Balaban J connectivity index is 2.16. The van der Waals surface area contributed by atoms with E-state index in [-0.39, 0.29) is 0 Å². The van der Waals surface area contributed by atoms with E-state index in [1.807, 2.05) is 0 Å². The number of ether oxygens (including phenoxy) is 1. The molecule has 3 heteroatoms. The van der Waals surface area contributed by atoms with Gasteiger partial charge in [-0.05, 0) is 54.5 Å². The van der Waals surface area contributed by atoms with Crippen LogP contribution in [0.1, 0.15) is 51.7 Å². The Labute approximate surface area is 137 Å². The average molecular weight is 354 g/mol. The van der Waals surface area contributed by atoms with E-state index in [4.69, 9.17) is 4.74 Å². The predicted molar refractivity (Wildman–Crippen MR) is 93.2 cm³/mol. The number of benzene rings is 1. The van der Waals surface area contributed by atoms with Gasteiger partial charge in [-0.2, -0.15) is 0 Å². The Kier molecular flexibility index (Phi) is 5.73. The van der Waals surface area contributed by atoms with Gasteiger partial charge >= 0.3 is 0 Å². The van der Waals surface area contributed by atoms with E-state index in [9.17, 15) is 0 Å². The standard InChI is InChI=1S/C18H28BrNO/c1-5-7-20-16(12-18(2,3)4)11-14-10-15(19)9-13-6-8-21-17(13)14/h9-10,16,20H,5-8,11-12H2,1-4H3. The van der Waals surface area contributed by atoms with Crippen LogP contribution in [0, 0.1) is 5.41 Å². The summed E-state index contributed by atoms with van der Waals surface area (Å²) in [7, 11) is 0. The first-order chi connectivity index (χ1) is 9.89. The molecule has 0 aromatic heterocycles. The molecule has 0 aliphatic carbocycles. The minimum Gasteiger partial charge on any atom is -0.493 e. The maximum absolute atomic E-state index is 5.87. The zero-order valence-corrected chi connectivity index (χ0v) is 15.3. The van der Waals surface area contributed by atoms with Crippen LogP contribution in [0.25, 0.3) is 0 Å². The maximum atomic E-state index is 5.87. The Bertz CT molecular complexity index is 479. The molecule has 0 spiro atoms. The largest absolute Gasteiger partial charge is 0.493 e. The zero-order chi connectivity index (χ0) is 15.5.